The van der Waals surface area contributed by atoms with E-state index in [2.05, 4.69) is 24.1 Å². The van der Waals surface area contributed by atoms with Crippen LogP contribution in [0.15, 0.2) is 24.3 Å². The zero-order chi connectivity index (χ0) is 10.8. The summed E-state index contributed by atoms with van der Waals surface area (Å²) in [6, 6.07) is 8.18. The van der Waals surface area contributed by atoms with E-state index < -0.39 is 0 Å². The second-order valence-electron chi connectivity index (χ2n) is 4.59. The molecule has 2 nitrogen and oxygen atoms in total. The van der Waals surface area contributed by atoms with Crippen molar-refractivity contribution in [3.05, 3.63) is 29.8 Å². The molecule has 1 aliphatic carbocycles. The molecule has 0 spiro atoms. The highest BCUT2D eigenvalue weighted by Gasteiger charge is 2.22. The molecular weight excluding hydrogens is 186 g/mol. The molecule has 1 saturated carbocycles. The summed E-state index contributed by atoms with van der Waals surface area (Å²) in [5.74, 6) is 0.909. The lowest BCUT2D eigenvalue weighted by atomic mass is 10.1. The van der Waals surface area contributed by atoms with Crippen LogP contribution in [0, 0.1) is 5.92 Å². The van der Waals surface area contributed by atoms with Crippen LogP contribution in [0.5, 0.6) is 0 Å². The van der Waals surface area contributed by atoms with Crippen molar-refractivity contribution in [1.29, 1.82) is 0 Å². The fourth-order valence-corrected chi connectivity index (χ4v) is 1.80. The zero-order valence-electron chi connectivity index (χ0n) is 9.48. The number of benzene rings is 1. The van der Waals surface area contributed by atoms with Crippen molar-refractivity contribution < 1.29 is 5.11 Å². The molecule has 0 saturated heterocycles. The summed E-state index contributed by atoms with van der Waals surface area (Å²) >= 11 is 0. The van der Waals surface area contributed by atoms with Gasteiger partial charge in [0.15, 0.2) is 0 Å². The average Bonchev–Trinajstić information content (AvgIpc) is 3.02. The Bertz CT molecular complexity index is 314. The van der Waals surface area contributed by atoms with Crippen LogP contribution in [0.1, 0.15) is 31.4 Å². The van der Waals surface area contributed by atoms with E-state index in [1.807, 2.05) is 12.1 Å². The Hall–Kier alpha value is -1.02. The smallest absolute Gasteiger partial charge is 0.0761 e. The Morgan fingerprint density at radius 2 is 1.93 bits per heavy atom. The molecule has 1 aromatic carbocycles. The Balaban J connectivity index is 2.01. The monoisotopic (exact) mass is 205 g/mol. The third-order valence-electron chi connectivity index (χ3n) is 3.05. The van der Waals surface area contributed by atoms with Gasteiger partial charge in [-0.3, -0.25) is 0 Å². The van der Waals surface area contributed by atoms with Gasteiger partial charge in [0.2, 0.25) is 0 Å². The van der Waals surface area contributed by atoms with Gasteiger partial charge in [0.05, 0.1) is 6.10 Å². The molecule has 0 unspecified atom stereocenters. The van der Waals surface area contributed by atoms with Crippen LogP contribution in [-0.4, -0.2) is 18.7 Å². The molecule has 1 atom stereocenters. The van der Waals surface area contributed by atoms with Crippen molar-refractivity contribution in [1.82, 2.24) is 0 Å². The topological polar surface area (TPSA) is 23.5 Å². The first kappa shape index (κ1) is 10.5. The number of aliphatic hydroxyl groups excluding tert-OH is 1. The van der Waals surface area contributed by atoms with Gasteiger partial charge < -0.3 is 10.0 Å². The molecule has 1 fully saturated rings. The summed E-state index contributed by atoms with van der Waals surface area (Å²) in [7, 11) is 2.13. The second kappa shape index (κ2) is 4.23. The van der Waals surface area contributed by atoms with E-state index >= 15 is 0 Å². The Morgan fingerprint density at radius 3 is 2.40 bits per heavy atom. The molecule has 15 heavy (non-hydrogen) atoms. The summed E-state index contributed by atoms with van der Waals surface area (Å²) in [6.07, 6.45) is 2.40. The first-order valence-corrected chi connectivity index (χ1v) is 5.66. The van der Waals surface area contributed by atoms with Crippen LogP contribution < -0.4 is 4.90 Å². The fraction of sp³-hybridized carbons (Fsp3) is 0.538. The Morgan fingerprint density at radius 1 is 1.33 bits per heavy atom. The molecule has 1 aliphatic rings. The highest BCUT2D eigenvalue weighted by molar-refractivity contribution is 5.47. The predicted molar refractivity (Wildman–Crippen MR) is 63.1 cm³/mol. The van der Waals surface area contributed by atoms with Crippen LogP contribution in [0.4, 0.5) is 5.69 Å². The maximum atomic E-state index is 9.40. The van der Waals surface area contributed by atoms with Crippen molar-refractivity contribution in [3.8, 4) is 0 Å². The lowest BCUT2D eigenvalue weighted by Crippen LogP contribution is -2.19. The first-order valence-electron chi connectivity index (χ1n) is 5.66. The van der Waals surface area contributed by atoms with E-state index in [4.69, 9.17) is 0 Å². The number of aliphatic hydroxyl groups is 1. The molecule has 2 rings (SSSR count). The van der Waals surface area contributed by atoms with E-state index in [0.29, 0.717) is 0 Å². The predicted octanol–water partition coefficient (Wildman–Crippen LogP) is 2.59. The molecule has 0 heterocycles. The lowest BCUT2D eigenvalue weighted by Gasteiger charge is -2.19. The van der Waals surface area contributed by atoms with Gasteiger partial charge in [0.25, 0.3) is 0 Å². The molecule has 1 N–H and O–H groups in total. The van der Waals surface area contributed by atoms with E-state index in [1.54, 1.807) is 6.92 Å². The standard InChI is InChI=1S/C13H19NO/c1-10(15)12-5-7-13(8-6-12)14(2)9-11-3-4-11/h5-8,10-11,15H,3-4,9H2,1-2H3/t10-/m1/s1. The number of hydrogen-bond donors (Lipinski definition) is 1. The maximum absolute atomic E-state index is 9.40. The van der Waals surface area contributed by atoms with Crippen LogP contribution in [-0.2, 0) is 0 Å². The van der Waals surface area contributed by atoms with Gasteiger partial charge in [-0.15, -0.1) is 0 Å². The summed E-state index contributed by atoms with van der Waals surface area (Å²) in [4.78, 5) is 2.30. The van der Waals surface area contributed by atoms with Gasteiger partial charge in [0, 0.05) is 19.3 Å². The lowest BCUT2D eigenvalue weighted by molar-refractivity contribution is 0.199. The largest absolute Gasteiger partial charge is 0.389 e. The third kappa shape index (κ3) is 2.72. The third-order valence-corrected chi connectivity index (χ3v) is 3.05. The van der Waals surface area contributed by atoms with Crippen molar-refractivity contribution in [2.45, 2.75) is 25.9 Å². The van der Waals surface area contributed by atoms with E-state index in [9.17, 15) is 5.11 Å². The number of anilines is 1. The van der Waals surface area contributed by atoms with Crippen LogP contribution in [0.25, 0.3) is 0 Å². The van der Waals surface area contributed by atoms with E-state index in [-0.39, 0.29) is 6.10 Å². The first-order chi connectivity index (χ1) is 7.16. The molecule has 2 heteroatoms. The van der Waals surface area contributed by atoms with E-state index in [1.165, 1.54) is 18.5 Å². The molecule has 0 aromatic heterocycles. The number of hydrogen-bond acceptors (Lipinski definition) is 2. The summed E-state index contributed by atoms with van der Waals surface area (Å²) < 4.78 is 0. The summed E-state index contributed by atoms with van der Waals surface area (Å²) in [6.45, 7) is 2.96. The SMILES string of the molecule is C[C@@H](O)c1ccc(N(C)CC2CC2)cc1. The van der Waals surface area contributed by atoms with Gasteiger partial charge in [0.1, 0.15) is 0 Å². The van der Waals surface area contributed by atoms with Crippen molar-refractivity contribution in [2.24, 2.45) is 5.92 Å². The minimum absolute atomic E-state index is 0.368. The quantitative estimate of drug-likeness (QED) is 0.816. The van der Waals surface area contributed by atoms with Crippen LogP contribution >= 0.6 is 0 Å². The van der Waals surface area contributed by atoms with Gasteiger partial charge >= 0.3 is 0 Å². The molecule has 0 amide bonds. The second-order valence-corrected chi connectivity index (χ2v) is 4.59. The van der Waals surface area contributed by atoms with Gasteiger partial charge in [-0.2, -0.15) is 0 Å². The maximum Gasteiger partial charge on any atom is 0.0761 e. The normalized spacial score (nSPS) is 17.5. The van der Waals surface area contributed by atoms with Gasteiger partial charge in [-0.25, -0.2) is 0 Å². The van der Waals surface area contributed by atoms with Crippen LogP contribution in [0.3, 0.4) is 0 Å². The average molecular weight is 205 g/mol. The molecular formula is C13H19NO. The van der Waals surface area contributed by atoms with Crippen LogP contribution in [0.2, 0.25) is 0 Å². The van der Waals surface area contributed by atoms with Gasteiger partial charge in [-0.05, 0) is 43.4 Å². The Labute approximate surface area is 91.5 Å². The highest BCUT2D eigenvalue weighted by atomic mass is 16.3. The van der Waals surface area contributed by atoms with Crippen molar-refractivity contribution in [3.63, 3.8) is 0 Å². The van der Waals surface area contributed by atoms with E-state index in [0.717, 1.165) is 18.0 Å². The minimum Gasteiger partial charge on any atom is -0.389 e. The number of rotatable bonds is 4. The molecule has 0 radical (unpaired) electrons. The highest BCUT2D eigenvalue weighted by Crippen LogP contribution is 2.31. The van der Waals surface area contributed by atoms with Crippen molar-refractivity contribution >= 4 is 5.69 Å². The van der Waals surface area contributed by atoms with Gasteiger partial charge in [-0.1, -0.05) is 12.1 Å². The number of nitrogens with zero attached hydrogens (tertiary/aromatic N) is 1. The minimum atomic E-state index is -0.368. The molecule has 0 aliphatic heterocycles. The zero-order valence-corrected chi connectivity index (χ0v) is 9.48. The molecule has 0 bridgehead atoms. The Kier molecular flexibility index (Phi) is 2.96. The molecule has 1 aromatic rings. The molecule has 82 valence electrons. The summed E-state index contributed by atoms with van der Waals surface area (Å²) in [5, 5.41) is 9.40. The fourth-order valence-electron chi connectivity index (χ4n) is 1.80. The van der Waals surface area contributed by atoms with Crippen molar-refractivity contribution in [2.75, 3.05) is 18.5 Å². The summed E-state index contributed by atoms with van der Waals surface area (Å²) in [5.41, 5.74) is 2.23.